The summed E-state index contributed by atoms with van der Waals surface area (Å²) in [5.41, 5.74) is 6.61. The Bertz CT molecular complexity index is 919. The molecule has 2 saturated heterocycles. The molecule has 3 N–H and O–H groups in total. The highest BCUT2D eigenvalue weighted by Gasteiger charge is 2.25. The minimum absolute atomic E-state index is 0.0277. The molecule has 0 atom stereocenters. The smallest absolute Gasteiger partial charge is 0.220 e. The summed E-state index contributed by atoms with van der Waals surface area (Å²) in [4.78, 5) is 31.9. The number of carbonyl (C=O) groups is 1. The third-order valence-electron chi connectivity index (χ3n) is 6.27. The summed E-state index contributed by atoms with van der Waals surface area (Å²) in [6.07, 6.45) is 5.22. The second-order valence-corrected chi connectivity index (χ2v) is 8.21. The number of amides is 1. The zero-order chi connectivity index (χ0) is 22.3. The van der Waals surface area contributed by atoms with E-state index in [0.717, 1.165) is 75.3 Å². The Morgan fingerprint density at radius 1 is 1.03 bits per heavy atom. The van der Waals surface area contributed by atoms with Gasteiger partial charge in [-0.05, 0) is 31.0 Å². The number of pyridine rings is 2. The van der Waals surface area contributed by atoms with Crippen LogP contribution in [0.1, 0.15) is 18.4 Å². The third kappa shape index (κ3) is 5.09. The van der Waals surface area contributed by atoms with Crippen LogP contribution in [0.3, 0.4) is 0 Å². The van der Waals surface area contributed by atoms with Gasteiger partial charge in [0.2, 0.25) is 5.91 Å². The highest BCUT2D eigenvalue weighted by atomic mass is 16.1. The maximum atomic E-state index is 11.5. The standard InChI is InChI=1S/C23H32N8O/c1-25-23(31-15-13-29(14-16-31)20-6-2-3-9-26-20)28-17-19-5-4-10-27-22(19)30-11-7-18(8-12-30)21(24)32/h2-6,9-10,18H,7-8,11-17H2,1H3,(H2,24,32)(H,25,28). The second-order valence-electron chi connectivity index (χ2n) is 8.21. The molecule has 0 spiro atoms. The van der Waals surface area contributed by atoms with Crippen LogP contribution in [0, 0.1) is 5.92 Å². The van der Waals surface area contributed by atoms with E-state index < -0.39 is 0 Å². The second kappa shape index (κ2) is 10.3. The van der Waals surface area contributed by atoms with Crippen LogP contribution in [-0.2, 0) is 11.3 Å². The van der Waals surface area contributed by atoms with Crippen molar-refractivity contribution in [1.82, 2.24) is 20.2 Å². The fraction of sp³-hybridized carbons (Fsp3) is 0.478. The van der Waals surface area contributed by atoms with Crippen molar-refractivity contribution >= 4 is 23.5 Å². The van der Waals surface area contributed by atoms with Gasteiger partial charge in [-0.15, -0.1) is 0 Å². The van der Waals surface area contributed by atoms with Gasteiger partial charge < -0.3 is 25.8 Å². The number of nitrogens with zero attached hydrogens (tertiary/aromatic N) is 6. The van der Waals surface area contributed by atoms with Gasteiger partial charge in [0.05, 0.1) is 0 Å². The molecule has 0 unspecified atom stereocenters. The first kappa shape index (κ1) is 21.9. The number of aliphatic imine (C=N–C) groups is 1. The molecular weight excluding hydrogens is 404 g/mol. The summed E-state index contributed by atoms with van der Waals surface area (Å²) in [6.45, 7) is 5.82. The van der Waals surface area contributed by atoms with E-state index in [1.165, 1.54) is 0 Å². The lowest BCUT2D eigenvalue weighted by molar-refractivity contribution is -0.122. The highest BCUT2D eigenvalue weighted by Crippen LogP contribution is 2.24. The number of nitrogens with two attached hydrogens (primary N) is 1. The van der Waals surface area contributed by atoms with Crippen LogP contribution in [-0.4, -0.2) is 73.1 Å². The number of primary amides is 1. The molecule has 0 radical (unpaired) electrons. The lowest BCUT2D eigenvalue weighted by Crippen LogP contribution is -2.52. The summed E-state index contributed by atoms with van der Waals surface area (Å²) in [7, 11) is 1.83. The predicted octanol–water partition coefficient (Wildman–Crippen LogP) is 1.08. The molecule has 2 aliphatic heterocycles. The van der Waals surface area contributed by atoms with Gasteiger partial charge in [0.15, 0.2) is 5.96 Å². The topological polar surface area (TPSA) is 103 Å². The Morgan fingerprint density at radius 2 is 1.78 bits per heavy atom. The summed E-state index contributed by atoms with van der Waals surface area (Å²) in [5, 5.41) is 3.52. The van der Waals surface area contributed by atoms with Crippen LogP contribution < -0.4 is 20.9 Å². The van der Waals surface area contributed by atoms with Gasteiger partial charge in [-0.3, -0.25) is 9.79 Å². The van der Waals surface area contributed by atoms with Gasteiger partial charge >= 0.3 is 0 Å². The first-order valence-electron chi connectivity index (χ1n) is 11.3. The molecule has 2 aromatic rings. The van der Waals surface area contributed by atoms with Crippen molar-refractivity contribution in [3.05, 3.63) is 48.3 Å². The quantitative estimate of drug-likeness (QED) is 0.534. The lowest BCUT2D eigenvalue weighted by atomic mass is 9.96. The number of aromatic nitrogens is 2. The van der Waals surface area contributed by atoms with Crippen LogP contribution >= 0.6 is 0 Å². The van der Waals surface area contributed by atoms with Crippen LogP contribution in [0.15, 0.2) is 47.7 Å². The minimum Gasteiger partial charge on any atom is -0.369 e. The van der Waals surface area contributed by atoms with Crippen molar-refractivity contribution in [2.24, 2.45) is 16.6 Å². The Labute approximate surface area is 189 Å². The van der Waals surface area contributed by atoms with E-state index in [-0.39, 0.29) is 11.8 Å². The van der Waals surface area contributed by atoms with Crippen molar-refractivity contribution < 1.29 is 4.79 Å². The third-order valence-corrected chi connectivity index (χ3v) is 6.27. The van der Waals surface area contributed by atoms with E-state index in [1.807, 2.05) is 37.6 Å². The molecule has 2 aromatic heterocycles. The maximum Gasteiger partial charge on any atom is 0.220 e. The summed E-state index contributed by atoms with van der Waals surface area (Å²) in [5.74, 6) is 2.67. The number of piperidine rings is 1. The monoisotopic (exact) mass is 436 g/mol. The SMILES string of the molecule is CN=C(NCc1cccnc1N1CCC(C(N)=O)CC1)N1CCN(c2ccccn2)CC1. The van der Waals surface area contributed by atoms with Gasteiger partial charge in [0.1, 0.15) is 11.6 Å². The highest BCUT2D eigenvalue weighted by molar-refractivity contribution is 5.80. The number of hydrogen-bond acceptors (Lipinski definition) is 6. The van der Waals surface area contributed by atoms with Crippen molar-refractivity contribution in [2.75, 3.05) is 56.1 Å². The number of carbonyl (C=O) groups excluding carboxylic acids is 1. The molecule has 0 bridgehead atoms. The van der Waals surface area contributed by atoms with Crippen LogP contribution in [0.2, 0.25) is 0 Å². The number of guanidine groups is 1. The lowest BCUT2D eigenvalue weighted by Gasteiger charge is -2.37. The first-order chi connectivity index (χ1) is 15.7. The summed E-state index contributed by atoms with van der Waals surface area (Å²) < 4.78 is 0. The summed E-state index contributed by atoms with van der Waals surface area (Å²) >= 11 is 0. The Morgan fingerprint density at radius 3 is 2.44 bits per heavy atom. The van der Waals surface area contributed by atoms with E-state index >= 15 is 0 Å². The van der Waals surface area contributed by atoms with Crippen molar-refractivity contribution in [3.63, 3.8) is 0 Å². The van der Waals surface area contributed by atoms with Crippen LogP contribution in [0.5, 0.6) is 0 Å². The molecule has 0 aliphatic carbocycles. The van der Waals surface area contributed by atoms with E-state index in [1.54, 1.807) is 0 Å². The number of nitrogens with one attached hydrogen (secondary N) is 1. The largest absolute Gasteiger partial charge is 0.369 e. The number of hydrogen-bond donors (Lipinski definition) is 2. The molecule has 170 valence electrons. The molecule has 4 rings (SSSR count). The van der Waals surface area contributed by atoms with Crippen LogP contribution in [0.4, 0.5) is 11.6 Å². The average Bonchev–Trinajstić information content (AvgIpc) is 2.86. The zero-order valence-electron chi connectivity index (χ0n) is 18.7. The number of anilines is 2. The summed E-state index contributed by atoms with van der Waals surface area (Å²) in [6, 6.07) is 10.1. The molecule has 0 saturated carbocycles. The van der Waals surface area contributed by atoms with Gasteiger partial charge in [0, 0.05) is 76.7 Å². The molecular formula is C23H32N8O. The maximum absolute atomic E-state index is 11.5. The van der Waals surface area contributed by atoms with E-state index in [0.29, 0.717) is 6.54 Å². The molecule has 2 aliphatic rings. The zero-order valence-corrected chi connectivity index (χ0v) is 18.7. The molecule has 4 heterocycles. The molecule has 2 fully saturated rings. The first-order valence-corrected chi connectivity index (χ1v) is 11.3. The molecule has 0 aromatic carbocycles. The van der Waals surface area contributed by atoms with E-state index in [2.05, 4.69) is 47.1 Å². The molecule has 32 heavy (non-hydrogen) atoms. The fourth-order valence-corrected chi connectivity index (χ4v) is 4.42. The van der Waals surface area contributed by atoms with Crippen molar-refractivity contribution in [1.29, 1.82) is 0 Å². The normalized spacial score (nSPS) is 18.0. The predicted molar refractivity (Wildman–Crippen MR) is 127 cm³/mol. The van der Waals surface area contributed by atoms with Gasteiger partial charge in [0.25, 0.3) is 0 Å². The van der Waals surface area contributed by atoms with Crippen molar-refractivity contribution in [2.45, 2.75) is 19.4 Å². The minimum atomic E-state index is -0.195. The van der Waals surface area contributed by atoms with Crippen molar-refractivity contribution in [3.8, 4) is 0 Å². The molecule has 9 nitrogen and oxygen atoms in total. The Balaban J connectivity index is 1.34. The van der Waals surface area contributed by atoms with Gasteiger partial charge in [-0.1, -0.05) is 12.1 Å². The number of rotatable bonds is 5. The Kier molecular flexibility index (Phi) is 7.03. The Hall–Kier alpha value is -3.36. The average molecular weight is 437 g/mol. The molecule has 1 amide bonds. The number of piperazine rings is 1. The fourth-order valence-electron chi connectivity index (χ4n) is 4.42. The van der Waals surface area contributed by atoms with E-state index in [4.69, 9.17) is 5.73 Å². The van der Waals surface area contributed by atoms with Crippen LogP contribution in [0.25, 0.3) is 0 Å². The van der Waals surface area contributed by atoms with Gasteiger partial charge in [-0.2, -0.15) is 0 Å². The molecule has 9 heteroatoms. The van der Waals surface area contributed by atoms with Gasteiger partial charge in [-0.25, -0.2) is 9.97 Å². The van der Waals surface area contributed by atoms with E-state index in [9.17, 15) is 4.79 Å².